The van der Waals surface area contributed by atoms with Crippen LogP contribution in [0, 0.1) is 18.3 Å². The van der Waals surface area contributed by atoms with Crippen molar-refractivity contribution in [3.05, 3.63) is 99.8 Å². The molecule has 0 amide bonds. The number of ether oxygens (including phenoxy) is 4. The van der Waals surface area contributed by atoms with E-state index in [2.05, 4.69) is 4.98 Å². The van der Waals surface area contributed by atoms with Gasteiger partial charge in [-0.25, -0.2) is 0 Å². The lowest BCUT2D eigenvalue weighted by Crippen LogP contribution is -2.31. The largest absolute Gasteiger partial charge is 0.488 e. The third-order valence-electron chi connectivity index (χ3n) is 7.82. The van der Waals surface area contributed by atoms with Crippen LogP contribution in [0.25, 0.3) is 11.1 Å². The van der Waals surface area contributed by atoms with Crippen LogP contribution in [0.2, 0.25) is 5.02 Å². The maximum atomic E-state index is 11.5. The van der Waals surface area contributed by atoms with E-state index < -0.39 is 21.8 Å². The van der Waals surface area contributed by atoms with Crippen molar-refractivity contribution in [2.24, 2.45) is 0 Å². The molecule has 0 saturated heterocycles. The minimum Gasteiger partial charge on any atom is -0.488 e. The fourth-order valence-corrected chi connectivity index (χ4v) is 5.99. The molecular formula is C35H34ClN3O9S. The van der Waals surface area contributed by atoms with Crippen molar-refractivity contribution in [3.8, 4) is 40.2 Å². The van der Waals surface area contributed by atoms with Crippen molar-refractivity contribution in [2.75, 3.05) is 32.1 Å². The molecule has 12 nitrogen and oxygen atoms in total. The fraction of sp³-hybridized carbons (Fsp3) is 0.286. The monoisotopic (exact) mass is 707 g/mol. The zero-order valence-electron chi connectivity index (χ0n) is 26.6. The minimum atomic E-state index is -4.30. The number of rotatable bonds is 15. The van der Waals surface area contributed by atoms with Crippen molar-refractivity contribution in [2.45, 2.75) is 33.1 Å². The molecule has 14 heteroatoms. The average Bonchev–Trinajstić information content (AvgIpc) is 3.08. The van der Waals surface area contributed by atoms with Crippen molar-refractivity contribution in [1.82, 2.24) is 9.88 Å². The smallest absolute Gasteiger partial charge is 0.304 e. The van der Waals surface area contributed by atoms with Crippen LogP contribution >= 0.6 is 11.6 Å². The van der Waals surface area contributed by atoms with Gasteiger partial charge in [0.1, 0.15) is 44.0 Å². The Kier molecular flexibility index (Phi) is 11.6. The molecule has 5 rings (SSSR count). The summed E-state index contributed by atoms with van der Waals surface area (Å²) in [5, 5.41) is 18.8. The Morgan fingerprint density at radius 3 is 2.53 bits per heavy atom. The first kappa shape index (κ1) is 35.4. The van der Waals surface area contributed by atoms with Gasteiger partial charge in [-0.1, -0.05) is 35.9 Å². The van der Waals surface area contributed by atoms with Gasteiger partial charge in [0.2, 0.25) is 0 Å². The first-order valence-electron chi connectivity index (χ1n) is 15.3. The lowest BCUT2D eigenvalue weighted by Gasteiger charge is -2.23. The van der Waals surface area contributed by atoms with Crippen LogP contribution in [-0.2, 0) is 34.7 Å². The predicted octanol–water partition coefficient (Wildman–Crippen LogP) is 5.68. The van der Waals surface area contributed by atoms with Gasteiger partial charge in [0.25, 0.3) is 10.1 Å². The molecule has 49 heavy (non-hydrogen) atoms. The van der Waals surface area contributed by atoms with E-state index in [0.29, 0.717) is 52.9 Å². The van der Waals surface area contributed by atoms with E-state index in [1.165, 1.54) is 6.20 Å². The summed E-state index contributed by atoms with van der Waals surface area (Å²) in [7, 11) is -4.30. The van der Waals surface area contributed by atoms with Crippen LogP contribution in [0.15, 0.2) is 67.0 Å². The molecule has 1 aromatic heterocycles. The number of nitriles is 1. The van der Waals surface area contributed by atoms with Crippen LogP contribution in [0.4, 0.5) is 0 Å². The molecule has 2 heterocycles. The number of halogens is 1. The van der Waals surface area contributed by atoms with Crippen LogP contribution in [-0.4, -0.2) is 66.0 Å². The summed E-state index contributed by atoms with van der Waals surface area (Å²) in [5.74, 6) is 0.418. The maximum Gasteiger partial charge on any atom is 0.304 e. The predicted molar refractivity (Wildman–Crippen MR) is 181 cm³/mol. The molecule has 0 radical (unpaired) electrons. The molecular weight excluding hydrogens is 674 g/mol. The molecule has 1 aliphatic rings. The second-order valence-corrected chi connectivity index (χ2v) is 13.3. The Bertz CT molecular complexity index is 1980. The molecule has 0 aliphatic carbocycles. The van der Waals surface area contributed by atoms with Crippen LogP contribution < -0.4 is 18.9 Å². The molecule has 3 aromatic carbocycles. The zero-order chi connectivity index (χ0) is 35.0. The number of benzene rings is 3. The normalized spacial score (nSPS) is 12.4. The lowest BCUT2D eigenvalue weighted by molar-refractivity contribution is -0.137. The van der Waals surface area contributed by atoms with E-state index in [0.717, 1.165) is 22.3 Å². The SMILES string of the molecule is Cc1c(COc2cc(OCc3cncc(C#N)c3)c(CN(CCC(=O)O)CCS(=O)(=O)O)cc2Cl)cccc1-c1ccc2c(c1)OCCO2. The summed E-state index contributed by atoms with van der Waals surface area (Å²) < 4.78 is 56.1. The van der Waals surface area contributed by atoms with E-state index in [4.69, 9.17) is 30.5 Å². The number of aliphatic carboxylic acids is 1. The maximum absolute atomic E-state index is 11.5. The molecule has 0 unspecified atom stereocenters. The minimum absolute atomic E-state index is 0.00723. The Morgan fingerprint density at radius 2 is 1.78 bits per heavy atom. The Morgan fingerprint density at radius 1 is 1.00 bits per heavy atom. The number of carboxylic acid groups (broad SMARTS) is 1. The van der Waals surface area contributed by atoms with Gasteiger partial charge < -0.3 is 24.1 Å². The molecule has 256 valence electrons. The molecule has 4 aromatic rings. The van der Waals surface area contributed by atoms with Crippen molar-refractivity contribution >= 4 is 27.7 Å². The van der Waals surface area contributed by atoms with E-state index in [1.807, 2.05) is 49.4 Å². The molecule has 0 saturated carbocycles. The van der Waals surface area contributed by atoms with Crippen LogP contribution in [0.3, 0.4) is 0 Å². The number of hydrogen-bond donors (Lipinski definition) is 2. The highest BCUT2D eigenvalue weighted by Crippen LogP contribution is 2.38. The number of fused-ring (bicyclic) bond motifs is 1. The summed E-state index contributed by atoms with van der Waals surface area (Å²) in [6.07, 6.45) is 2.74. The zero-order valence-corrected chi connectivity index (χ0v) is 28.2. The van der Waals surface area contributed by atoms with Crippen molar-refractivity contribution in [3.63, 3.8) is 0 Å². The van der Waals surface area contributed by atoms with Gasteiger partial charge in [-0.3, -0.25) is 19.2 Å². The number of nitrogens with zero attached hydrogens (tertiary/aromatic N) is 3. The summed E-state index contributed by atoms with van der Waals surface area (Å²) in [4.78, 5) is 17.0. The van der Waals surface area contributed by atoms with E-state index >= 15 is 0 Å². The summed E-state index contributed by atoms with van der Waals surface area (Å²) >= 11 is 6.72. The third-order valence-corrected chi connectivity index (χ3v) is 8.81. The molecule has 0 atom stereocenters. The molecule has 0 bridgehead atoms. The molecule has 0 fully saturated rings. The highest BCUT2D eigenvalue weighted by molar-refractivity contribution is 7.85. The summed E-state index contributed by atoms with van der Waals surface area (Å²) in [6, 6.07) is 18.7. The summed E-state index contributed by atoms with van der Waals surface area (Å²) in [6.45, 7) is 3.15. The van der Waals surface area contributed by atoms with Gasteiger partial charge in [0, 0.05) is 49.2 Å². The number of carboxylic acids is 1. The first-order chi connectivity index (χ1) is 23.5. The molecule has 0 spiro atoms. The highest BCUT2D eigenvalue weighted by Gasteiger charge is 2.19. The van der Waals surface area contributed by atoms with Crippen molar-refractivity contribution in [1.29, 1.82) is 5.26 Å². The lowest BCUT2D eigenvalue weighted by atomic mass is 9.96. The number of pyridine rings is 1. The second-order valence-electron chi connectivity index (χ2n) is 11.3. The summed E-state index contributed by atoms with van der Waals surface area (Å²) in [5.41, 5.74) is 5.41. The fourth-order valence-electron chi connectivity index (χ4n) is 5.26. The molecule has 2 N–H and O–H groups in total. The number of carbonyl (C=O) groups is 1. The van der Waals surface area contributed by atoms with E-state index in [1.54, 1.807) is 29.3 Å². The topological polar surface area (TPSA) is 169 Å². The third kappa shape index (κ3) is 9.84. The Hall–Kier alpha value is -4.87. The van der Waals surface area contributed by atoms with Crippen LogP contribution in [0.5, 0.6) is 23.0 Å². The van der Waals surface area contributed by atoms with Gasteiger partial charge in [-0.2, -0.15) is 13.7 Å². The Balaban J connectivity index is 1.41. The van der Waals surface area contributed by atoms with Gasteiger partial charge in [0.15, 0.2) is 11.5 Å². The quantitative estimate of drug-likeness (QED) is 0.145. The number of aromatic nitrogens is 1. The first-order valence-corrected chi connectivity index (χ1v) is 17.3. The highest BCUT2D eigenvalue weighted by atomic mass is 35.5. The standard InChI is InChI=1S/C35H34ClN3O9S/c1-23-27(3-2-4-29(23)26-5-6-31-34(15-26)46-11-10-45-31)22-48-33-16-32(47-21-25-13-24(17-37)18-38-19-25)28(14-30(33)36)20-39(8-7-35(40)41)9-12-49(42,43)44/h2-6,13-16,18-19H,7-12,20-22H2,1H3,(H,40,41)(H,42,43,44). The Labute approximate surface area is 289 Å². The van der Waals surface area contributed by atoms with Crippen molar-refractivity contribution < 1.29 is 41.8 Å². The van der Waals surface area contributed by atoms with Gasteiger partial charge in [0.05, 0.1) is 22.8 Å². The average molecular weight is 708 g/mol. The van der Waals surface area contributed by atoms with E-state index in [-0.39, 0.29) is 44.3 Å². The van der Waals surface area contributed by atoms with Crippen LogP contribution in [0.1, 0.15) is 34.2 Å². The van der Waals surface area contributed by atoms with Gasteiger partial charge >= 0.3 is 5.97 Å². The van der Waals surface area contributed by atoms with Gasteiger partial charge in [-0.15, -0.1) is 0 Å². The van der Waals surface area contributed by atoms with Gasteiger partial charge in [-0.05, 0) is 53.4 Å². The van der Waals surface area contributed by atoms with E-state index in [9.17, 15) is 28.1 Å². The molecule has 1 aliphatic heterocycles. The number of hydrogen-bond acceptors (Lipinski definition) is 10. The second kappa shape index (κ2) is 16.0.